The minimum absolute atomic E-state index is 0.0730. The Morgan fingerprint density at radius 1 is 1.23 bits per heavy atom. The van der Waals surface area contributed by atoms with Gasteiger partial charge in [-0.1, -0.05) is 30.3 Å². The molecule has 0 radical (unpaired) electrons. The molecular formula is C14H16N2O5S. The summed E-state index contributed by atoms with van der Waals surface area (Å²) in [5.41, 5.74) is 0.738. The number of aliphatic carboxylic acids is 1. The van der Waals surface area contributed by atoms with Crippen LogP contribution in [0.3, 0.4) is 0 Å². The average molecular weight is 324 g/mol. The van der Waals surface area contributed by atoms with E-state index in [0.717, 1.165) is 20.2 Å². The van der Waals surface area contributed by atoms with E-state index in [-0.39, 0.29) is 19.6 Å². The lowest BCUT2D eigenvalue weighted by molar-refractivity contribution is -0.145. The van der Waals surface area contributed by atoms with Crippen LogP contribution in [-0.4, -0.2) is 60.8 Å². The number of sulfonamides is 1. The summed E-state index contributed by atoms with van der Waals surface area (Å²) in [6, 6.07) is 8.94. The number of carboxylic acid groups (broad SMARTS) is 1. The van der Waals surface area contributed by atoms with Crippen LogP contribution in [-0.2, 0) is 19.6 Å². The molecule has 1 aromatic rings. The van der Waals surface area contributed by atoms with Gasteiger partial charge in [-0.15, -0.1) is 0 Å². The molecule has 1 saturated heterocycles. The first-order chi connectivity index (χ1) is 10.4. The molecule has 22 heavy (non-hydrogen) atoms. The fourth-order valence-electron chi connectivity index (χ4n) is 2.05. The number of piperazine rings is 1. The molecule has 2 rings (SSSR count). The largest absolute Gasteiger partial charge is 0.480 e. The first kappa shape index (κ1) is 16.2. The average Bonchev–Trinajstić information content (AvgIpc) is 2.48. The van der Waals surface area contributed by atoms with Crippen LogP contribution in [0.15, 0.2) is 35.7 Å². The van der Waals surface area contributed by atoms with E-state index in [0.29, 0.717) is 0 Å². The second-order valence-electron chi connectivity index (χ2n) is 4.80. The van der Waals surface area contributed by atoms with Gasteiger partial charge in [-0.25, -0.2) is 8.42 Å². The first-order valence-electron chi connectivity index (χ1n) is 6.61. The highest BCUT2D eigenvalue weighted by Crippen LogP contribution is 2.12. The van der Waals surface area contributed by atoms with Crippen molar-refractivity contribution < 1.29 is 23.1 Å². The fraction of sp³-hybridized carbons (Fsp3) is 0.286. The van der Waals surface area contributed by atoms with E-state index in [4.69, 9.17) is 5.11 Å². The molecule has 0 unspecified atom stereocenters. The zero-order chi connectivity index (χ0) is 16.2. The molecule has 1 heterocycles. The fourth-order valence-corrected chi connectivity index (χ4v) is 3.18. The Kier molecular flexibility index (Phi) is 4.94. The molecule has 1 amide bonds. The van der Waals surface area contributed by atoms with Crippen molar-refractivity contribution in [3.63, 3.8) is 0 Å². The molecule has 0 bridgehead atoms. The van der Waals surface area contributed by atoms with Crippen LogP contribution in [0.1, 0.15) is 5.56 Å². The molecule has 0 aliphatic carbocycles. The lowest BCUT2D eigenvalue weighted by Crippen LogP contribution is -2.52. The minimum Gasteiger partial charge on any atom is -0.480 e. The van der Waals surface area contributed by atoms with E-state index in [9.17, 15) is 18.0 Å². The number of carbonyl (C=O) groups is 2. The van der Waals surface area contributed by atoms with Crippen molar-refractivity contribution in [2.75, 3.05) is 26.2 Å². The normalized spacial score (nSPS) is 17.1. The molecule has 1 aromatic carbocycles. The standard InChI is InChI=1S/C14H16N2O5S/c17-13-10-16(8-7-15(13)11-14(18)19)22(20,21)9-6-12-4-2-1-3-5-12/h1-6,9H,7-8,10-11H2,(H,18,19)/b9-6+. The maximum atomic E-state index is 12.2. The monoisotopic (exact) mass is 324 g/mol. The Hall–Kier alpha value is -2.19. The smallest absolute Gasteiger partial charge is 0.323 e. The van der Waals surface area contributed by atoms with Crippen molar-refractivity contribution in [2.45, 2.75) is 0 Å². The van der Waals surface area contributed by atoms with Crippen molar-refractivity contribution in [1.82, 2.24) is 9.21 Å². The number of nitrogens with zero attached hydrogens (tertiary/aromatic N) is 2. The van der Waals surface area contributed by atoms with Gasteiger partial charge >= 0.3 is 5.97 Å². The van der Waals surface area contributed by atoms with E-state index in [1.54, 1.807) is 24.3 Å². The Bertz CT molecular complexity index is 684. The molecule has 0 saturated carbocycles. The lowest BCUT2D eigenvalue weighted by Gasteiger charge is -2.31. The zero-order valence-electron chi connectivity index (χ0n) is 11.8. The summed E-state index contributed by atoms with van der Waals surface area (Å²) in [6.45, 7) is -0.592. The highest BCUT2D eigenvalue weighted by atomic mass is 32.2. The van der Waals surface area contributed by atoms with Gasteiger partial charge in [-0.3, -0.25) is 9.59 Å². The van der Waals surface area contributed by atoms with Crippen LogP contribution in [0.5, 0.6) is 0 Å². The van der Waals surface area contributed by atoms with Gasteiger partial charge in [0.05, 0.1) is 6.54 Å². The van der Waals surface area contributed by atoms with Gasteiger partial charge in [0.15, 0.2) is 0 Å². The van der Waals surface area contributed by atoms with Gasteiger partial charge in [0.25, 0.3) is 0 Å². The van der Waals surface area contributed by atoms with Crippen LogP contribution in [0.4, 0.5) is 0 Å². The van der Waals surface area contributed by atoms with Gasteiger partial charge in [0.2, 0.25) is 15.9 Å². The molecule has 1 fully saturated rings. The second-order valence-corrected chi connectivity index (χ2v) is 6.62. The summed E-state index contributed by atoms with van der Waals surface area (Å²) >= 11 is 0. The molecule has 1 aliphatic rings. The summed E-state index contributed by atoms with van der Waals surface area (Å²) < 4.78 is 25.4. The predicted molar refractivity (Wildman–Crippen MR) is 80.2 cm³/mol. The molecule has 7 nitrogen and oxygen atoms in total. The Morgan fingerprint density at radius 3 is 2.50 bits per heavy atom. The van der Waals surface area contributed by atoms with Crippen molar-refractivity contribution in [3.05, 3.63) is 41.3 Å². The van der Waals surface area contributed by atoms with Crippen LogP contribution >= 0.6 is 0 Å². The summed E-state index contributed by atoms with van der Waals surface area (Å²) in [6.07, 6.45) is 1.46. The Labute approximate surface area is 128 Å². The Balaban J connectivity index is 2.04. The third-order valence-electron chi connectivity index (χ3n) is 3.20. The summed E-state index contributed by atoms with van der Waals surface area (Å²) in [5, 5.41) is 9.74. The Morgan fingerprint density at radius 2 is 1.91 bits per heavy atom. The van der Waals surface area contributed by atoms with E-state index in [1.807, 2.05) is 6.07 Å². The molecule has 1 aliphatic heterocycles. The van der Waals surface area contributed by atoms with Crippen LogP contribution in [0.25, 0.3) is 6.08 Å². The van der Waals surface area contributed by atoms with Gasteiger partial charge < -0.3 is 10.0 Å². The molecular weight excluding hydrogens is 308 g/mol. The number of benzene rings is 1. The third-order valence-corrected chi connectivity index (χ3v) is 4.71. The van der Waals surface area contributed by atoms with Crippen LogP contribution in [0.2, 0.25) is 0 Å². The molecule has 8 heteroatoms. The number of carbonyl (C=O) groups excluding carboxylic acids is 1. The van der Waals surface area contributed by atoms with E-state index >= 15 is 0 Å². The minimum atomic E-state index is -3.71. The first-order valence-corrected chi connectivity index (χ1v) is 8.12. The predicted octanol–water partition coefficient (Wildman–Crippen LogP) is 0.216. The van der Waals surface area contributed by atoms with Crippen molar-refractivity contribution >= 4 is 28.0 Å². The van der Waals surface area contributed by atoms with Gasteiger partial charge in [-0.2, -0.15) is 4.31 Å². The quantitative estimate of drug-likeness (QED) is 0.836. The van der Waals surface area contributed by atoms with E-state index < -0.39 is 28.4 Å². The molecule has 118 valence electrons. The van der Waals surface area contributed by atoms with Crippen molar-refractivity contribution in [2.24, 2.45) is 0 Å². The summed E-state index contributed by atoms with van der Waals surface area (Å²) in [5.74, 6) is -1.63. The lowest BCUT2D eigenvalue weighted by atomic mass is 10.2. The summed E-state index contributed by atoms with van der Waals surface area (Å²) in [4.78, 5) is 23.5. The molecule has 0 aromatic heterocycles. The van der Waals surface area contributed by atoms with Gasteiger partial charge in [-0.05, 0) is 11.6 Å². The topological polar surface area (TPSA) is 95.0 Å². The highest BCUT2D eigenvalue weighted by Gasteiger charge is 2.31. The summed E-state index contributed by atoms with van der Waals surface area (Å²) in [7, 11) is -3.71. The van der Waals surface area contributed by atoms with Gasteiger partial charge in [0, 0.05) is 18.5 Å². The van der Waals surface area contributed by atoms with Gasteiger partial charge in [0.1, 0.15) is 6.54 Å². The number of rotatable bonds is 5. The van der Waals surface area contributed by atoms with E-state index in [1.165, 1.54) is 6.08 Å². The molecule has 0 spiro atoms. The number of carboxylic acids is 1. The SMILES string of the molecule is O=C(O)CN1CCN(S(=O)(=O)/C=C/c2ccccc2)CC1=O. The highest BCUT2D eigenvalue weighted by molar-refractivity contribution is 7.92. The molecule has 1 N–H and O–H groups in total. The molecule has 0 atom stereocenters. The second kappa shape index (κ2) is 6.71. The maximum Gasteiger partial charge on any atom is 0.323 e. The van der Waals surface area contributed by atoms with Crippen molar-refractivity contribution in [1.29, 1.82) is 0 Å². The van der Waals surface area contributed by atoms with Crippen LogP contribution in [0, 0.1) is 0 Å². The number of hydrogen-bond acceptors (Lipinski definition) is 4. The number of hydrogen-bond donors (Lipinski definition) is 1. The zero-order valence-corrected chi connectivity index (χ0v) is 12.6. The number of amides is 1. The third kappa shape index (κ3) is 4.15. The van der Waals surface area contributed by atoms with Crippen LogP contribution < -0.4 is 0 Å². The van der Waals surface area contributed by atoms with E-state index in [2.05, 4.69) is 0 Å². The maximum absolute atomic E-state index is 12.2. The van der Waals surface area contributed by atoms with Crippen molar-refractivity contribution in [3.8, 4) is 0 Å².